The molecule has 5 nitrogen and oxygen atoms in total. The average Bonchev–Trinajstić information content (AvgIpc) is 3.10. The summed E-state index contributed by atoms with van der Waals surface area (Å²) in [6, 6.07) is 19.0. The smallest absolute Gasteiger partial charge is 0.300 e. The number of hydrogen-bond donors (Lipinski definition) is 1. The molecule has 0 aliphatic carbocycles. The van der Waals surface area contributed by atoms with Crippen LogP contribution in [0.5, 0.6) is 5.75 Å². The molecule has 36 heavy (non-hydrogen) atoms. The molecule has 1 aliphatic heterocycles. The van der Waals surface area contributed by atoms with E-state index in [4.69, 9.17) is 16.3 Å². The molecule has 1 amide bonds. The van der Waals surface area contributed by atoms with Gasteiger partial charge in [-0.2, -0.15) is 0 Å². The molecule has 6 heteroatoms. The van der Waals surface area contributed by atoms with E-state index in [1.807, 2.05) is 44.2 Å². The highest BCUT2D eigenvalue weighted by molar-refractivity contribution is 6.52. The Morgan fingerprint density at radius 1 is 1.00 bits per heavy atom. The van der Waals surface area contributed by atoms with E-state index in [-0.39, 0.29) is 16.7 Å². The first-order chi connectivity index (χ1) is 17.0. The molecule has 4 rings (SSSR count). The number of carbonyl (C=O) groups excluding carboxylic acids is 2. The number of halogens is 1. The zero-order chi connectivity index (χ0) is 26.2. The van der Waals surface area contributed by atoms with E-state index in [0.717, 1.165) is 11.1 Å². The number of nitrogens with zero attached hydrogens (tertiary/aromatic N) is 1. The van der Waals surface area contributed by atoms with Crippen molar-refractivity contribution in [1.29, 1.82) is 0 Å². The molecular weight excluding hydrogens is 474 g/mol. The molecule has 1 unspecified atom stereocenters. The van der Waals surface area contributed by atoms with Crippen LogP contribution in [0.3, 0.4) is 0 Å². The van der Waals surface area contributed by atoms with Crippen molar-refractivity contribution >= 4 is 34.7 Å². The number of anilines is 1. The first-order valence-electron chi connectivity index (χ1n) is 11.9. The Morgan fingerprint density at radius 3 is 2.22 bits per heavy atom. The van der Waals surface area contributed by atoms with Crippen molar-refractivity contribution in [2.24, 2.45) is 0 Å². The number of carbonyl (C=O) groups is 2. The predicted octanol–water partition coefficient (Wildman–Crippen LogP) is 6.97. The summed E-state index contributed by atoms with van der Waals surface area (Å²) >= 11 is 6.28. The molecule has 3 aromatic rings. The van der Waals surface area contributed by atoms with Crippen LogP contribution in [0.25, 0.3) is 5.76 Å². The molecule has 1 heterocycles. The summed E-state index contributed by atoms with van der Waals surface area (Å²) in [5.41, 5.74) is 3.55. The second kappa shape index (κ2) is 9.82. The van der Waals surface area contributed by atoms with Gasteiger partial charge in [-0.1, -0.05) is 62.7 Å². The summed E-state index contributed by atoms with van der Waals surface area (Å²) in [6.45, 7) is 10.6. The molecule has 1 saturated heterocycles. The van der Waals surface area contributed by atoms with Gasteiger partial charge in [0.25, 0.3) is 11.7 Å². The lowest BCUT2D eigenvalue weighted by molar-refractivity contribution is -0.132. The van der Waals surface area contributed by atoms with Gasteiger partial charge in [-0.15, -0.1) is 0 Å². The van der Waals surface area contributed by atoms with Crippen LogP contribution >= 0.6 is 11.6 Å². The van der Waals surface area contributed by atoms with Gasteiger partial charge in [0.2, 0.25) is 0 Å². The zero-order valence-corrected chi connectivity index (χ0v) is 21.9. The van der Waals surface area contributed by atoms with Crippen LogP contribution in [-0.2, 0) is 15.0 Å². The third-order valence-electron chi connectivity index (χ3n) is 6.41. The summed E-state index contributed by atoms with van der Waals surface area (Å²) in [6.07, 6.45) is 0. The maximum atomic E-state index is 13.4. The van der Waals surface area contributed by atoms with Gasteiger partial charge in [0.15, 0.2) is 0 Å². The Kier molecular flexibility index (Phi) is 6.96. The van der Waals surface area contributed by atoms with Gasteiger partial charge < -0.3 is 9.84 Å². The molecule has 186 valence electrons. The summed E-state index contributed by atoms with van der Waals surface area (Å²) in [7, 11) is 0. The number of aryl methyl sites for hydroxylation is 1. The normalized spacial score (nSPS) is 17.5. The number of rotatable bonds is 5. The largest absolute Gasteiger partial charge is 0.507 e. The van der Waals surface area contributed by atoms with Crippen LogP contribution < -0.4 is 9.64 Å². The van der Waals surface area contributed by atoms with Gasteiger partial charge in [0.05, 0.1) is 18.2 Å². The van der Waals surface area contributed by atoms with Gasteiger partial charge in [-0.25, -0.2) is 0 Å². The molecule has 3 aromatic carbocycles. The monoisotopic (exact) mass is 503 g/mol. The second-order valence-corrected chi connectivity index (χ2v) is 10.4. The summed E-state index contributed by atoms with van der Waals surface area (Å²) < 4.78 is 5.49. The highest BCUT2D eigenvalue weighted by Crippen LogP contribution is 2.44. The summed E-state index contributed by atoms with van der Waals surface area (Å²) in [5.74, 6) is -1.04. The minimum atomic E-state index is -0.817. The Hall–Kier alpha value is -3.57. The van der Waals surface area contributed by atoms with Crippen LogP contribution in [0, 0.1) is 6.92 Å². The molecule has 0 bridgehead atoms. The van der Waals surface area contributed by atoms with E-state index in [2.05, 4.69) is 20.8 Å². The fourth-order valence-electron chi connectivity index (χ4n) is 4.44. The summed E-state index contributed by atoms with van der Waals surface area (Å²) in [5, 5.41) is 11.8. The van der Waals surface area contributed by atoms with E-state index < -0.39 is 17.7 Å². The molecule has 1 atom stereocenters. The fourth-order valence-corrected chi connectivity index (χ4v) is 4.60. The van der Waals surface area contributed by atoms with Gasteiger partial charge in [0, 0.05) is 16.3 Å². The zero-order valence-electron chi connectivity index (χ0n) is 21.1. The quantitative estimate of drug-likeness (QED) is 0.232. The van der Waals surface area contributed by atoms with E-state index in [1.54, 1.807) is 36.4 Å². The summed E-state index contributed by atoms with van der Waals surface area (Å²) in [4.78, 5) is 28.3. The van der Waals surface area contributed by atoms with Crippen LogP contribution in [0.15, 0.2) is 72.3 Å². The number of hydrogen-bond acceptors (Lipinski definition) is 4. The van der Waals surface area contributed by atoms with Crippen molar-refractivity contribution in [3.05, 3.63) is 99.6 Å². The SMILES string of the molecule is CCOc1ccc(/C(O)=C2\C(=O)C(=O)N(c3cc(Cl)ccc3C)C2c2ccc(C(C)(C)C)cc2)cc1. The lowest BCUT2D eigenvalue weighted by Gasteiger charge is -2.28. The van der Waals surface area contributed by atoms with Crippen LogP contribution in [-0.4, -0.2) is 23.4 Å². The maximum Gasteiger partial charge on any atom is 0.300 e. The van der Waals surface area contributed by atoms with E-state index >= 15 is 0 Å². The third kappa shape index (κ3) is 4.76. The molecule has 0 radical (unpaired) electrons. The van der Waals surface area contributed by atoms with Crippen molar-refractivity contribution in [3.8, 4) is 5.75 Å². The van der Waals surface area contributed by atoms with Crippen LogP contribution in [0.4, 0.5) is 5.69 Å². The van der Waals surface area contributed by atoms with Gasteiger partial charge in [-0.05, 0) is 72.4 Å². The van der Waals surface area contributed by atoms with E-state index in [0.29, 0.717) is 34.2 Å². The third-order valence-corrected chi connectivity index (χ3v) is 6.64. The molecule has 1 aliphatic rings. The minimum Gasteiger partial charge on any atom is -0.507 e. The van der Waals surface area contributed by atoms with E-state index in [9.17, 15) is 14.7 Å². The van der Waals surface area contributed by atoms with Gasteiger partial charge in [0.1, 0.15) is 11.5 Å². The van der Waals surface area contributed by atoms with Crippen molar-refractivity contribution in [2.45, 2.75) is 46.1 Å². The van der Waals surface area contributed by atoms with Crippen molar-refractivity contribution in [1.82, 2.24) is 0 Å². The molecular formula is C30H30ClNO4. The molecule has 1 N–H and O–H groups in total. The molecule has 0 aromatic heterocycles. The lowest BCUT2D eigenvalue weighted by Crippen LogP contribution is -2.30. The average molecular weight is 504 g/mol. The molecule has 0 saturated carbocycles. The highest BCUT2D eigenvalue weighted by Gasteiger charge is 2.47. The first-order valence-corrected chi connectivity index (χ1v) is 12.3. The topological polar surface area (TPSA) is 66.8 Å². The van der Waals surface area contributed by atoms with Gasteiger partial charge >= 0.3 is 0 Å². The number of benzene rings is 3. The van der Waals surface area contributed by atoms with Gasteiger partial charge in [-0.3, -0.25) is 14.5 Å². The first kappa shape index (κ1) is 25.5. The highest BCUT2D eigenvalue weighted by atomic mass is 35.5. The van der Waals surface area contributed by atoms with Crippen LogP contribution in [0.2, 0.25) is 5.02 Å². The number of aliphatic hydroxyl groups excluding tert-OH is 1. The fraction of sp³-hybridized carbons (Fsp3) is 0.267. The maximum absolute atomic E-state index is 13.4. The Balaban J connectivity index is 1.92. The van der Waals surface area contributed by atoms with E-state index in [1.165, 1.54) is 4.90 Å². The van der Waals surface area contributed by atoms with Crippen molar-refractivity contribution in [3.63, 3.8) is 0 Å². The Labute approximate surface area is 217 Å². The molecule has 1 fully saturated rings. The van der Waals surface area contributed by atoms with Crippen molar-refractivity contribution in [2.75, 3.05) is 11.5 Å². The van der Waals surface area contributed by atoms with Crippen molar-refractivity contribution < 1.29 is 19.4 Å². The number of amides is 1. The lowest BCUT2D eigenvalue weighted by atomic mass is 9.85. The standard InChI is InChI=1S/C30H30ClNO4/c1-6-36-23-15-10-20(11-16-23)27(33)25-26(19-8-12-21(13-9-19)30(3,4)5)32(29(35)28(25)34)24-17-22(31)14-7-18(24)2/h7-17,26,33H,6H2,1-5H3/b27-25+. The minimum absolute atomic E-state index is 0.0343. The number of ketones is 1. The predicted molar refractivity (Wildman–Crippen MR) is 144 cm³/mol. The Morgan fingerprint density at radius 2 is 1.64 bits per heavy atom. The number of aliphatic hydroxyl groups is 1. The van der Waals surface area contributed by atoms with Crippen LogP contribution in [0.1, 0.15) is 56.0 Å². The Bertz CT molecular complexity index is 1330. The number of ether oxygens (including phenoxy) is 1. The second-order valence-electron chi connectivity index (χ2n) is 9.93. The molecule has 0 spiro atoms. The number of Topliss-reactive ketones (excluding diaryl/α,β-unsaturated/α-hetero) is 1.